The summed E-state index contributed by atoms with van der Waals surface area (Å²) >= 11 is 0. The number of hydrazone groups is 1. The Morgan fingerprint density at radius 3 is 2.67 bits per heavy atom. The minimum absolute atomic E-state index is 0.529. The molecule has 0 atom stereocenters. The fraction of sp³-hybridized carbons (Fsp3) is 0.143. The van der Waals surface area contributed by atoms with E-state index in [1.807, 2.05) is 48.5 Å². The van der Waals surface area contributed by atoms with Crippen molar-refractivity contribution in [3.63, 3.8) is 0 Å². The Balaban J connectivity index is 1.63. The predicted octanol–water partition coefficient (Wildman–Crippen LogP) is 3.96. The van der Waals surface area contributed by atoms with Crippen LogP contribution < -0.4 is 14.9 Å². The Labute approximate surface area is 157 Å². The van der Waals surface area contributed by atoms with E-state index in [-0.39, 0.29) is 0 Å². The van der Waals surface area contributed by atoms with Crippen LogP contribution in [0.2, 0.25) is 0 Å². The molecule has 0 saturated carbocycles. The summed E-state index contributed by atoms with van der Waals surface area (Å²) in [6, 6.07) is 18.8. The van der Waals surface area contributed by atoms with E-state index in [1.165, 1.54) is 0 Å². The summed E-state index contributed by atoms with van der Waals surface area (Å²) in [6.45, 7) is 0.529. The lowest BCUT2D eigenvalue weighted by molar-refractivity contribution is 0.354. The lowest BCUT2D eigenvalue weighted by atomic mass is 10.1. The molecule has 27 heavy (non-hydrogen) atoms. The van der Waals surface area contributed by atoms with Gasteiger partial charge in [-0.3, -0.25) is 0 Å². The second kappa shape index (κ2) is 8.59. The molecule has 0 spiro atoms. The van der Waals surface area contributed by atoms with Gasteiger partial charge in [0, 0.05) is 5.56 Å². The Kier molecular flexibility index (Phi) is 5.75. The first-order chi connectivity index (χ1) is 13.2. The molecule has 1 N–H and O–H groups in total. The standard InChI is InChI=1S/C21H19N3O3/c1-25-20-9-7-15(11-21(20)26-2)13-23-24-14-17-8-10-19(27-17)18-6-4-3-5-16(18)12-22/h3-11,14,23H,13H2,1-2H3/b24-14+. The average molecular weight is 361 g/mol. The van der Waals surface area contributed by atoms with Gasteiger partial charge in [0.05, 0.1) is 38.6 Å². The molecule has 0 saturated heterocycles. The first-order valence-corrected chi connectivity index (χ1v) is 8.31. The fourth-order valence-electron chi connectivity index (χ4n) is 2.60. The average Bonchev–Trinajstić information content (AvgIpc) is 3.19. The maximum absolute atomic E-state index is 9.19. The third-order valence-electron chi connectivity index (χ3n) is 3.95. The number of rotatable bonds is 7. The highest BCUT2D eigenvalue weighted by Crippen LogP contribution is 2.27. The smallest absolute Gasteiger partial charge is 0.161 e. The topological polar surface area (TPSA) is 79.8 Å². The monoisotopic (exact) mass is 361 g/mol. The molecule has 0 radical (unpaired) electrons. The zero-order chi connectivity index (χ0) is 19.1. The summed E-state index contributed by atoms with van der Waals surface area (Å²) in [5.41, 5.74) is 5.31. The molecular formula is C21H19N3O3. The zero-order valence-electron chi connectivity index (χ0n) is 15.1. The maximum Gasteiger partial charge on any atom is 0.161 e. The van der Waals surface area contributed by atoms with Crippen LogP contribution in [0.25, 0.3) is 11.3 Å². The Morgan fingerprint density at radius 1 is 1.07 bits per heavy atom. The molecule has 0 unspecified atom stereocenters. The van der Waals surface area contributed by atoms with Gasteiger partial charge in [-0.05, 0) is 42.0 Å². The maximum atomic E-state index is 9.19. The molecule has 0 fully saturated rings. The summed E-state index contributed by atoms with van der Waals surface area (Å²) in [7, 11) is 3.21. The summed E-state index contributed by atoms with van der Waals surface area (Å²) < 4.78 is 16.3. The van der Waals surface area contributed by atoms with E-state index in [0.29, 0.717) is 35.1 Å². The molecule has 0 aliphatic rings. The minimum atomic E-state index is 0.529. The zero-order valence-corrected chi connectivity index (χ0v) is 15.1. The number of hydrogen-bond acceptors (Lipinski definition) is 6. The van der Waals surface area contributed by atoms with Crippen LogP contribution in [0.5, 0.6) is 11.5 Å². The van der Waals surface area contributed by atoms with Crippen LogP contribution in [0.1, 0.15) is 16.9 Å². The van der Waals surface area contributed by atoms with Gasteiger partial charge in [-0.25, -0.2) is 0 Å². The van der Waals surface area contributed by atoms with Crippen molar-refractivity contribution in [1.82, 2.24) is 5.43 Å². The molecule has 1 heterocycles. The first kappa shape index (κ1) is 18.1. The van der Waals surface area contributed by atoms with Gasteiger partial charge in [0.15, 0.2) is 11.5 Å². The van der Waals surface area contributed by atoms with E-state index >= 15 is 0 Å². The summed E-state index contributed by atoms with van der Waals surface area (Å²) in [6.07, 6.45) is 1.60. The number of ether oxygens (including phenoxy) is 2. The fourth-order valence-corrected chi connectivity index (χ4v) is 2.60. The number of nitrogens with one attached hydrogen (secondary N) is 1. The van der Waals surface area contributed by atoms with E-state index in [0.717, 1.165) is 11.1 Å². The van der Waals surface area contributed by atoms with Gasteiger partial charge >= 0.3 is 0 Å². The van der Waals surface area contributed by atoms with Crippen LogP contribution in [0.3, 0.4) is 0 Å². The Bertz CT molecular complexity index is 986. The second-order valence-electron chi connectivity index (χ2n) is 5.64. The normalized spacial score (nSPS) is 10.6. The number of nitriles is 1. The number of methoxy groups -OCH3 is 2. The van der Waals surface area contributed by atoms with Gasteiger partial charge in [-0.2, -0.15) is 10.4 Å². The van der Waals surface area contributed by atoms with E-state index in [4.69, 9.17) is 13.9 Å². The van der Waals surface area contributed by atoms with Crippen molar-refractivity contribution in [2.45, 2.75) is 6.54 Å². The summed E-state index contributed by atoms with van der Waals surface area (Å²) in [4.78, 5) is 0. The van der Waals surface area contributed by atoms with Crippen molar-refractivity contribution >= 4 is 6.21 Å². The first-order valence-electron chi connectivity index (χ1n) is 8.31. The third kappa shape index (κ3) is 4.28. The van der Waals surface area contributed by atoms with Crippen molar-refractivity contribution in [3.05, 3.63) is 71.5 Å². The van der Waals surface area contributed by atoms with Crippen molar-refractivity contribution < 1.29 is 13.9 Å². The molecule has 6 heteroatoms. The SMILES string of the molecule is COc1ccc(CN/N=C/c2ccc(-c3ccccc3C#N)o2)cc1OC. The van der Waals surface area contributed by atoms with Crippen LogP contribution in [0.15, 0.2) is 64.1 Å². The molecular weight excluding hydrogens is 342 g/mol. The highest BCUT2D eigenvalue weighted by atomic mass is 16.5. The largest absolute Gasteiger partial charge is 0.493 e. The van der Waals surface area contributed by atoms with Gasteiger partial charge in [0.2, 0.25) is 0 Å². The molecule has 0 bridgehead atoms. The highest BCUT2D eigenvalue weighted by Gasteiger charge is 2.08. The second-order valence-corrected chi connectivity index (χ2v) is 5.64. The van der Waals surface area contributed by atoms with E-state index in [1.54, 1.807) is 26.5 Å². The lowest BCUT2D eigenvalue weighted by Crippen LogP contribution is -2.05. The van der Waals surface area contributed by atoms with Gasteiger partial charge in [0.25, 0.3) is 0 Å². The van der Waals surface area contributed by atoms with Gasteiger partial charge < -0.3 is 19.3 Å². The molecule has 0 amide bonds. The van der Waals surface area contributed by atoms with Crippen LogP contribution in [-0.2, 0) is 6.54 Å². The number of nitrogens with zero attached hydrogens (tertiary/aromatic N) is 2. The van der Waals surface area contributed by atoms with Crippen LogP contribution >= 0.6 is 0 Å². The third-order valence-corrected chi connectivity index (χ3v) is 3.95. The predicted molar refractivity (Wildman–Crippen MR) is 103 cm³/mol. The molecule has 3 aromatic rings. The molecule has 0 aliphatic heterocycles. The van der Waals surface area contributed by atoms with Gasteiger partial charge in [0.1, 0.15) is 11.5 Å². The molecule has 0 aliphatic carbocycles. The van der Waals surface area contributed by atoms with Gasteiger partial charge in [-0.15, -0.1) is 0 Å². The quantitative estimate of drug-likeness (QED) is 0.509. The number of furan rings is 1. The Hall–Kier alpha value is -3.72. The van der Waals surface area contributed by atoms with Crippen LogP contribution in [-0.4, -0.2) is 20.4 Å². The van der Waals surface area contributed by atoms with Crippen molar-refractivity contribution in [1.29, 1.82) is 5.26 Å². The van der Waals surface area contributed by atoms with Crippen LogP contribution in [0, 0.1) is 11.3 Å². The van der Waals surface area contributed by atoms with Crippen LogP contribution in [0.4, 0.5) is 0 Å². The minimum Gasteiger partial charge on any atom is -0.493 e. The number of benzene rings is 2. The highest BCUT2D eigenvalue weighted by molar-refractivity contribution is 5.78. The molecule has 3 rings (SSSR count). The summed E-state index contributed by atoms with van der Waals surface area (Å²) in [5, 5.41) is 13.4. The van der Waals surface area contributed by atoms with E-state index in [9.17, 15) is 5.26 Å². The van der Waals surface area contributed by atoms with Crippen molar-refractivity contribution in [2.24, 2.45) is 5.10 Å². The number of hydrogen-bond donors (Lipinski definition) is 1. The lowest BCUT2D eigenvalue weighted by Gasteiger charge is -2.09. The van der Waals surface area contributed by atoms with Crippen molar-refractivity contribution in [2.75, 3.05) is 14.2 Å². The molecule has 136 valence electrons. The van der Waals surface area contributed by atoms with E-state index < -0.39 is 0 Å². The molecule has 2 aromatic carbocycles. The summed E-state index contributed by atoms with van der Waals surface area (Å²) in [5.74, 6) is 2.59. The van der Waals surface area contributed by atoms with E-state index in [2.05, 4.69) is 16.6 Å². The molecule has 6 nitrogen and oxygen atoms in total. The molecule has 1 aromatic heterocycles. The Morgan fingerprint density at radius 2 is 1.89 bits per heavy atom. The van der Waals surface area contributed by atoms with Crippen molar-refractivity contribution in [3.8, 4) is 28.9 Å². The van der Waals surface area contributed by atoms with Gasteiger partial charge in [-0.1, -0.05) is 18.2 Å².